The second kappa shape index (κ2) is 5.07. The molecule has 2 aromatic heterocycles. The number of pyridine rings is 1. The van der Waals surface area contributed by atoms with Gasteiger partial charge < -0.3 is 0 Å². The van der Waals surface area contributed by atoms with E-state index < -0.39 is 0 Å². The zero-order valence-corrected chi connectivity index (χ0v) is 12.4. The van der Waals surface area contributed by atoms with Crippen molar-refractivity contribution in [2.45, 2.75) is 13.0 Å². The summed E-state index contributed by atoms with van der Waals surface area (Å²) in [5, 5.41) is 1.19. The molecule has 3 heterocycles. The van der Waals surface area contributed by atoms with Gasteiger partial charge in [0.2, 0.25) is 0 Å². The lowest BCUT2D eigenvalue weighted by atomic mass is 10.1. The fourth-order valence-corrected chi connectivity index (χ4v) is 2.96. The number of benzene rings is 1. The summed E-state index contributed by atoms with van der Waals surface area (Å²) < 4.78 is 1.73. The SMILES string of the molecule is O=c1c2ccc(Cl)cc2nc2n1CCC2=Cc1cccnc1. The molecule has 108 valence electrons. The molecular weight excluding hydrogens is 298 g/mol. The Morgan fingerprint density at radius 3 is 3.00 bits per heavy atom. The van der Waals surface area contributed by atoms with Gasteiger partial charge in [0.15, 0.2) is 0 Å². The molecule has 1 aromatic carbocycles. The predicted molar refractivity (Wildman–Crippen MR) is 87.7 cm³/mol. The zero-order valence-electron chi connectivity index (χ0n) is 11.7. The van der Waals surface area contributed by atoms with Crippen molar-refractivity contribution in [3.05, 3.63) is 69.5 Å². The first-order valence-corrected chi connectivity index (χ1v) is 7.41. The highest BCUT2D eigenvalue weighted by atomic mass is 35.5. The Morgan fingerprint density at radius 2 is 2.18 bits per heavy atom. The van der Waals surface area contributed by atoms with E-state index in [0.717, 1.165) is 23.4 Å². The minimum atomic E-state index is -0.00810. The largest absolute Gasteiger partial charge is 0.292 e. The topological polar surface area (TPSA) is 47.8 Å². The van der Waals surface area contributed by atoms with E-state index in [0.29, 0.717) is 22.5 Å². The van der Waals surface area contributed by atoms with Crippen LogP contribution in [0.1, 0.15) is 17.8 Å². The molecular formula is C17H12ClN3O. The van der Waals surface area contributed by atoms with Crippen molar-refractivity contribution in [2.75, 3.05) is 0 Å². The lowest BCUT2D eigenvalue weighted by Gasteiger charge is -2.05. The molecule has 3 aromatic rings. The third-order valence-electron chi connectivity index (χ3n) is 3.83. The molecule has 0 radical (unpaired) electrons. The second-order valence-corrected chi connectivity index (χ2v) is 5.70. The minimum Gasteiger partial charge on any atom is -0.292 e. The van der Waals surface area contributed by atoms with Crippen LogP contribution in [0.3, 0.4) is 0 Å². The summed E-state index contributed by atoms with van der Waals surface area (Å²) in [6.07, 6.45) is 6.37. The van der Waals surface area contributed by atoms with Crippen molar-refractivity contribution in [3.63, 3.8) is 0 Å². The number of nitrogens with zero attached hydrogens (tertiary/aromatic N) is 3. The lowest BCUT2D eigenvalue weighted by molar-refractivity contribution is 0.725. The third kappa shape index (κ3) is 2.12. The smallest absolute Gasteiger partial charge is 0.261 e. The molecule has 0 fully saturated rings. The fourth-order valence-electron chi connectivity index (χ4n) is 2.79. The molecule has 0 atom stereocenters. The van der Waals surface area contributed by atoms with Gasteiger partial charge in [-0.3, -0.25) is 14.3 Å². The third-order valence-corrected chi connectivity index (χ3v) is 4.07. The van der Waals surface area contributed by atoms with Gasteiger partial charge >= 0.3 is 0 Å². The Hall–Kier alpha value is -2.46. The highest BCUT2D eigenvalue weighted by Crippen LogP contribution is 2.27. The predicted octanol–water partition coefficient (Wildman–Crippen LogP) is 3.39. The average molecular weight is 310 g/mol. The van der Waals surface area contributed by atoms with Gasteiger partial charge in [-0.05, 0) is 47.9 Å². The van der Waals surface area contributed by atoms with Gasteiger partial charge in [-0.2, -0.15) is 0 Å². The second-order valence-electron chi connectivity index (χ2n) is 5.26. The van der Waals surface area contributed by atoms with Crippen molar-refractivity contribution < 1.29 is 0 Å². The van der Waals surface area contributed by atoms with E-state index in [2.05, 4.69) is 9.97 Å². The maximum absolute atomic E-state index is 12.6. The molecule has 0 amide bonds. The van der Waals surface area contributed by atoms with Crippen LogP contribution in [0.2, 0.25) is 5.02 Å². The minimum absolute atomic E-state index is 0.00810. The van der Waals surface area contributed by atoms with Crippen LogP contribution in [0.25, 0.3) is 22.6 Å². The van der Waals surface area contributed by atoms with Crippen molar-refractivity contribution in [2.24, 2.45) is 0 Å². The summed E-state index contributed by atoms with van der Waals surface area (Å²) in [6.45, 7) is 0.659. The summed E-state index contributed by atoms with van der Waals surface area (Å²) in [4.78, 5) is 21.3. The summed E-state index contributed by atoms with van der Waals surface area (Å²) in [7, 11) is 0. The van der Waals surface area contributed by atoms with Gasteiger partial charge in [0, 0.05) is 24.0 Å². The van der Waals surface area contributed by atoms with E-state index >= 15 is 0 Å². The number of halogens is 1. The van der Waals surface area contributed by atoms with Crippen molar-refractivity contribution in [3.8, 4) is 0 Å². The quantitative estimate of drug-likeness (QED) is 0.692. The number of hydrogen-bond donors (Lipinski definition) is 0. The Balaban J connectivity index is 1.93. The van der Waals surface area contributed by atoms with E-state index in [1.807, 2.05) is 18.2 Å². The van der Waals surface area contributed by atoms with E-state index in [1.54, 1.807) is 35.2 Å². The van der Waals surface area contributed by atoms with Crippen LogP contribution in [0, 0.1) is 0 Å². The van der Waals surface area contributed by atoms with Gasteiger partial charge in [-0.15, -0.1) is 0 Å². The Morgan fingerprint density at radius 1 is 1.27 bits per heavy atom. The van der Waals surface area contributed by atoms with Crippen molar-refractivity contribution in [1.82, 2.24) is 14.5 Å². The summed E-state index contributed by atoms with van der Waals surface area (Å²) in [6, 6.07) is 9.07. The maximum atomic E-state index is 12.6. The molecule has 0 aliphatic carbocycles. The standard InChI is InChI=1S/C17H12ClN3O/c18-13-3-4-14-15(9-13)20-16-12(5-7-21(16)17(14)22)8-11-2-1-6-19-10-11/h1-4,6,8-10H,5,7H2. The molecule has 1 aliphatic rings. The summed E-state index contributed by atoms with van der Waals surface area (Å²) in [5.41, 5.74) is 2.69. The number of rotatable bonds is 1. The van der Waals surface area contributed by atoms with Crippen LogP contribution in [-0.4, -0.2) is 14.5 Å². The van der Waals surface area contributed by atoms with Gasteiger partial charge in [0.05, 0.1) is 10.9 Å². The molecule has 1 aliphatic heterocycles. The molecule has 0 N–H and O–H groups in total. The van der Waals surface area contributed by atoms with E-state index in [9.17, 15) is 4.79 Å². The van der Waals surface area contributed by atoms with Gasteiger partial charge in [-0.25, -0.2) is 4.98 Å². The molecule has 4 nitrogen and oxygen atoms in total. The highest BCUT2D eigenvalue weighted by molar-refractivity contribution is 6.31. The summed E-state index contributed by atoms with van der Waals surface area (Å²) in [5.74, 6) is 0.726. The van der Waals surface area contributed by atoms with Crippen LogP contribution in [0.5, 0.6) is 0 Å². The molecule has 0 unspecified atom stereocenters. The first kappa shape index (κ1) is 13.2. The number of allylic oxidation sites excluding steroid dienone is 1. The monoisotopic (exact) mass is 309 g/mol. The Bertz CT molecular complexity index is 961. The number of hydrogen-bond acceptors (Lipinski definition) is 3. The molecule has 0 saturated heterocycles. The average Bonchev–Trinajstić information content (AvgIpc) is 2.91. The Kier molecular flexibility index (Phi) is 3.05. The van der Waals surface area contributed by atoms with Crippen LogP contribution in [0.4, 0.5) is 0 Å². The van der Waals surface area contributed by atoms with Crippen LogP contribution < -0.4 is 5.56 Å². The van der Waals surface area contributed by atoms with Crippen LogP contribution in [0.15, 0.2) is 47.5 Å². The van der Waals surface area contributed by atoms with E-state index in [-0.39, 0.29) is 5.56 Å². The zero-order chi connectivity index (χ0) is 15.1. The molecule has 0 saturated carbocycles. The van der Waals surface area contributed by atoms with Gasteiger partial charge in [0.25, 0.3) is 5.56 Å². The van der Waals surface area contributed by atoms with Gasteiger partial charge in [0.1, 0.15) is 5.82 Å². The molecule has 0 bridgehead atoms. The number of fused-ring (bicyclic) bond motifs is 2. The number of aromatic nitrogens is 3. The van der Waals surface area contributed by atoms with Crippen LogP contribution in [-0.2, 0) is 6.54 Å². The lowest BCUT2D eigenvalue weighted by Crippen LogP contribution is -2.20. The Labute approximate surface area is 131 Å². The first-order valence-electron chi connectivity index (χ1n) is 7.03. The van der Waals surface area contributed by atoms with Crippen molar-refractivity contribution >= 4 is 34.2 Å². The normalized spacial score (nSPS) is 15.4. The molecule has 4 rings (SSSR count). The van der Waals surface area contributed by atoms with E-state index in [4.69, 9.17) is 11.6 Å². The van der Waals surface area contributed by atoms with E-state index in [1.165, 1.54) is 0 Å². The first-order chi connectivity index (χ1) is 10.7. The van der Waals surface area contributed by atoms with Crippen molar-refractivity contribution in [1.29, 1.82) is 0 Å². The molecule has 22 heavy (non-hydrogen) atoms. The summed E-state index contributed by atoms with van der Waals surface area (Å²) >= 11 is 6.02. The van der Waals surface area contributed by atoms with Gasteiger partial charge in [-0.1, -0.05) is 17.7 Å². The molecule has 0 spiro atoms. The highest BCUT2D eigenvalue weighted by Gasteiger charge is 2.20. The van der Waals surface area contributed by atoms with Crippen LogP contribution >= 0.6 is 11.6 Å². The maximum Gasteiger partial charge on any atom is 0.261 e. The molecule has 5 heteroatoms. The fraction of sp³-hybridized carbons (Fsp3) is 0.118.